The Kier molecular flexibility index (Phi) is 3.62. The van der Waals surface area contributed by atoms with Gasteiger partial charge in [-0.15, -0.1) is 0 Å². The summed E-state index contributed by atoms with van der Waals surface area (Å²) in [6.07, 6.45) is 1.51. The molecule has 0 fully saturated rings. The fraction of sp³-hybridized carbons (Fsp3) is 0.231. The Morgan fingerprint density at radius 2 is 2.33 bits per heavy atom. The number of methoxy groups -OCH3 is 1. The molecule has 94 valence electrons. The van der Waals surface area contributed by atoms with Crippen molar-refractivity contribution < 1.29 is 13.9 Å². The van der Waals surface area contributed by atoms with E-state index in [1.54, 1.807) is 14.0 Å². The van der Waals surface area contributed by atoms with Crippen molar-refractivity contribution in [2.24, 2.45) is 0 Å². The molecule has 0 saturated heterocycles. The molecule has 0 aliphatic rings. The molecular weight excluding hydrogens is 232 g/mol. The van der Waals surface area contributed by atoms with Crippen molar-refractivity contribution in [2.45, 2.75) is 13.5 Å². The molecule has 18 heavy (non-hydrogen) atoms. The topological polar surface area (TPSA) is 64.4 Å². The average Bonchev–Trinajstić information content (AvgIpc) is 2.83. The SMILES string of the molecule is COc1cccc(CNC(=O)c2ncc(C)o2)c1. The van der Waals surface area contributed by atoms with E-state index in [1.807, 2.05) is 24.3 Å². The fourth-order valence-electron chi connectivity index (χ4n) is 1.50. The quantitative estimate of drug-likeness (QED) is 0.895. The molecule has 1 aromatic carbocycles. The number of nitrogens with one attached hydrogen (secondary N) is 1. The maximum atomic E-state index is 11.7. The molecule has 0 bridgehead atoms. The molecular formula is C13H14N2O3. The van der Waals surface area contributed by atoms with Crippen molar-refractivity contribution in [3.8, 4) is 5.75 Å². The number of hydrogen-bond acceptors (Lipinski definition) is 4. The number of aryl methyl sites for hydroxylation is 1. The van der Waals surface area contributed by atoms with E-state index in [9.17, 15) is 4.79 Å². The molecule has 2 rings (SSSR count). The minimum Gasteiger partial charge on any atom is -0.497 e. The number of oxazole rings is 1. The van der Waals surface area contributed by atoms with Crippen LogP contribution in [0.25, 0.3) is 0 Å². The number of amides is 1. The number of hydrogen-bond donors (Lipinski definition) is 1. The molecule has 0 atom stereocenters. The van der Waals surface area contributed by atoms with Gasteiger partial charge in [0.15, 0.2) is 0 Å². The minimum atomic E-state index is -0.328. The predicted molar refractivity (Wildman–Crippen MR) is 65.4 cm³/mol. The molecule has 0 saturated carbocycles. The van der Waals surface area contributed by atoms with Crippen LogP contribution in [0.3, 0.4) is 0 Å². The molecule has 5 heteroatoms. The molecule has 1 heterocycles. The molecule has 0 radical (unpaired) electrons. The van der Waals surface area contributed by atoms with Crippen LogP contribution in [-0.2, 0) is 6.54 Å². The second-order valence-corrected chi connectivity index (χ2v) is 3.81. The second kappa shape index (κ2) is 5.35. The Hall–Kier alpha value is -2.30. The molecule has 0 spiro atoms. The highest BCUT2D eigenvalue weighted by Gasteiger charge is 2.11. The van der Waals surface area contributed by atoms with Gasteiger partial charge in [0.2, 0.25) is 0 Å². The van der Waals surface area contributed by atoms with Crippen LogP contribution in [-0.4, -0.2) is 18.0 Å². The van der Waals surface area contributed by atoms with Crippen molar-refractivity contribution in [3.05, 3.63) is 47.7 Å². The van der Waals surface area contributed by atoms with Gasteiger partial charge in [0.05, 0.1) is 13.3 Å². The molecule has 0 unspecified atom stereocenters. The van der Waals surface area contributed by atoms with Crippen LogP contribution in [0.5, 0.6) is 5.75 Å². The summed E-state index contributed by atoms with van der Waals surface area (Å²) in [7, 11) is 1.60. The maximum Gasteiger partial charge on any atom is 0.307 e. The first-order valence-corrected chi connectivity index (χ1v) is 5.52. The van der Waals surface area contributed by atoms with E-state index in [-0.39, 0.29) is 11.8 Å². The van der Waals surface area contributed by atoms with Crippen LogP contribution in [0.2, 0.25) is 0 Å². The lowest BCUT2D eigenvalue weighted by atomic mass is 10.2. The van der Waals surface area contributed by atoms with E-state index in [1.165, 1.54) is 6.20 Å². The van der Waals surface area contributed by atoms with E-state index < -0.39 is 0 Å². The van der Waals surface area contributed by atoms with Crippen LogP contribution in [0.15, 0.2) is 34.9 Å². The summed E-state index contributed by atoms with van der Waals surface area (Å²) in [6.45, 7) is 2.14. The largest absolute Gasteiger partial charge is 0.497 e. The van der Waals surface area contributed by atoms with Gasteiger partial charge in [0.25, 0.3) is 5.89 Å². The van der Waals surface area contributed by atoms with Gasteiger partial charge in [-0.3, -0.25) is 4.79 Å². The van der Waals surface area contributed by atoms with Gasteiger partial charge >= 0.3 is 5.91 Å². The lowest BCUT2D eigenvalue weighted by molar-refractivity contribution is 0.0915. The Morgan fingerprint density at radius 1 is 1.50 bits per heavy atom. The first kappa shape index (κ1) is 12.2. The number of rotatable bonds is 4. The van der Waals surface area contributed by atoms with Gasteiger partial charge in [-0.05, 0) is 24.6 Å². The van der Waals surface area contributed by atoms with Crippen molar-refractivity contribution in [1.82, 2.24) is 10.3 Å². The molecule has 1 amide bonds. The van der Waals surface area contributed by atoms with E-state index in [4.69, 9.17) is 9.15 Å². The summed E-state index contributed by atoms with van der Waals surface area (Å²) < 4.78 is 10.2. The molecule has 0 aliphatic heterocycles. The number of nitrogens with zero attached hydrogens (tertiary/aromatic N) is 1. The number of ether oxygens (including phenoxy) is 1. The van der Waals surface area contributed by atoms with E-state index >= 15 is 0 Å². The third kappa shape index (κ3) is 2.88. The Morgan fingerprint density at radius 3 is 3.00 bits per heavy atom. The van der Waals surface area contributed by atoms with Crippen molar-refractivity contribution in [2.75, 3.05) is 7.11 Å². The molecule has 2 aromatic rings. The third-order valence-corrected chi connectivity index (χ3v) is 2.40. The van der Waals surface area contributed by atoms with Gasteiger partial charge in [0, 0.05) is 6.54 Å². The first-order valence-electron chi connectivity index (χ1n) is 5.52. The van der Waals surface area contributed by atoms with Gasteiger partial charge in [0.1, 0.15) is 11.5 Å². The summed E-state index contributed by atoms with van der Waals surface area (Å²) in [5.41, 5.74) is 0.950. The van der Waals surface area contributed by atoms with Crippen molar-refractivity contribution in [1.29, 1.82) is 0 Å². The lowest BCUT2D eigenvalue weighted by Crippen LogP contribution is -2.23. The maximum absolute atomic E-state index is 11.7. The van der Waals surface area contributed by atoms with Crippen LogP contribution < -0.4 is 10.1 Å². The monoisotopic (exact) mass is 246 g/mol. The minimum absolute atomic E-state index is 0.0791. The molecule has 1 aromatic heterocycles. The number of aromatic nitrogens is 1. The number of carbonyl (C=O) groups excluding carboxylic acids is 1. The zero-order valence-corrected chi connectivity index (χ0v) is 10.3. The lowest BCUT2D eigenvalue weighted by Gasteiger charge is -2.05. The van der Waals surface area contributed by atoms with E-state index in [0.29, 0.717) is 12.3 Å². The summed E-state index contributed by atoms with van der Waals surface area (Å²) in [6, 6.07) is 7.49. The summed E-state index contributed by atoms with van der Waals surface area (Å²) in [4.78, 5) is 15.5. The summed E-state index contributed by atoms with van der Waals surface area (Å²) >= 11 is 0. The molecule has 1 N–H and O–H groups in total. The van der Waals surface area contributed by atoms with Gasteiger partial charge in [-0.2, -0.15) is 0 Å². The number of benzene rings is 1. The van der Waals surface area contributed by atoms with Gasteiger partial charge in [-0.1, -0.05) is 12.1 Å². The van der Waals surface area contributed by atoms with Gasteiger partial charge < -0.3 is 14.5 Å². The fourth-order valence-corrected chi connectivity index (χ4v) is 1.50. The van der Waals surface area contributed by atoms with Crippen molar-refractivity contribution in [3.63, 3.8) is 0 Å². The Labute approximate surface area is 105 Å². The predicted octanol–water partition coefficient (Wildman–Crippen LogP) is 1.92. The number of carbonyl (C=O) groups is 1. The van der Waals surface area contributed by atoms with Crippen LogP contribution >= 0.6 is 0 Å². The van der Waals surface area contributed by atoms with Crippen LogP contribution in [0.4, 0.5) is 0 Å². The third-order valence-electron chi connectivity index (χ3n) is 2.40. The summed E-state index contributed by atoms with van der Waals surface area (Å²) in [5.74, 6) is 1.12. The highest BCUT2D eigenvalue weighted by molar-refractivity contribution is 5.89. The van der Waals surface area contributed by atoms with Crippen LogP contribution in [0.1, 0.15) is 22.0 Å². The summed E-state index contributed by atoms with van der Waals surface area (Å²) in [5, 5.41) is 2.73. The highest BCUT2D eigenvalue weighted by atomic mass is 16.5. The smallest absolute Gasteiger partial charge is 0.307 e. The van der Waals surface area contributed by atoms with E-state index in [0.717, 1.165) is 11.3 Å². The highest BCUT2D eigenvalue weighted by Crippen LogP contribution is 2.12. The van der Waals surface area contributed by atoms with E-state index in [2.05, 4.69) is 10.3 Å². The Balaban J connectivity index is 1.97. The molecule has 5 nitrogen and oxygen atoms in total. The Bertz CT molecular complexity index is 549. The standard InChI is InChI=1S/C13H14N2O3/c1-9-7-15-13(18-9)12(16)14-8-10-4-3-5-11(6-10)17-2/h3-7H,8H2,1-2H3,(H,14,16). The van der Waals surface area contributed by atoms with Crippen LogP contribution in [0, 0.1) is 6.92 Å². The zero-order chi connectivity index (χ0) is 13.0. The molecule has 0 aliphatic carbocycles. The average molecular weight is 246 g/mol. The van der Waals surface area contributed by atoms with Crippen molar-refractivity contribution >= 4 is 5.91 Å². The first-order chi connectivity index (χ1) is 8.69. The van der Waals surface area contributed by atoms with Gasteiger partial charge in [-0.25, -0.2) is 4.98 Å². The second-order valence-electron chi connectivity index (χ2n) is 3.81. The normalized spacial score (nSPS) is 10.1. The zero-order valence-electron chi connectivity index (χ0n) is 10.3.